The van der Waals surface area contributed by atoms with Gasteiger partial charge in [0.25, 0.3) is 0 Å². The van der Waals surface area contributed by atoms with E-state index in [2.05, 4.69) is 25.5 Å². The van der Waals surface area contributed by atoms with Crippen LogP contribution in [0.15, 0.2) is 53.4 Å². The van der Waals surface area contributed by atoms with Gasteiger partial charge in [0, 0.05) is 12.2 Å². The molecule has 2 aromatic rings. The Bertz CT molecular complexity index is 944. The third-order valence-electron chi connectivity index (χ3n) is 4.89. The molecule has 1 N–H and O–H groups in total. The van der Waals surface area contributed by atoms with Gasteiger partial charge < -0.3 is 4.90 Å². The molecule has 1 aliphatic rings. The standard InChI is InChI=1S/C21H26N2O3S/c1-15(20(24)23-14-13-16-7-5-6-8-19(16)23)22-27(25,26)18-11-9-17(10-12-18)21(2,3)4/h5-12,15,22H,13-14H2,1-4H3/t15-/m0/s1. The SMILES string of the molecule is C[C@H](NS(=O)(=O)c1ccc(C(C)(C)C)cc1)C(=O)N1CCc2ccccc21. The topological polar surface area (TPSA) is 66.5 Å². The van der Waals surface area contributed by atoms with Gasteiger partial charge in [0.1, 0.15) is 0 Å². The van der Waals surface area contributed by atoms with Crippen LogP contribution in [0, 0.1) is 0 Å². The van der Waals surface area contributed by atoms with Crippen molar-refractivity contribution in [3.8, 4) is 0 Å². The van der Waals surface area contributed by atoms with Gasteiger partial charge in [-0.1, -0.05) is 51.1 Å². The number of hydrogen-bond donors (Lipinski definition) is 1. The highest BCUT2D eigenvalue weighted by molar-refractivity contribution is 7.89. The van der Waals surface area contributed by atoms with Crippen LogP contribution in [0.25, 0.3) is 0 Å². The van der Waals surface area contributed by atoms with Crippen LogP contribution in [-0.2, 0) is 26.7 Å². The Labute approximate surface area is 161 Å². The second kappa shape index (κ2) is 7.09. The zero-order valence-corrected chi connectivity index (χ0v) is 17.0. The van der Waals surface area contributed by atoms with Gasteiger partial charge >= 0.3 is 0 Å². The van der Waals surface area contributed by atoms with Gasteiger partial charge in [-0.25, -0.2) is 8.42 Å². The van der Waals surface area contributed by atoms with Crippen LogP contribution in [0.5, 0.6) is 0 Å². The summed E-state index contributed by atoms with van der Waals surface area (Å²) in [5, 5.41) is 0. The predicted octanol–water partition coefficient (Wildman–Crippen LogP) is 3.24. The highest BCUT2D eigenvalue weighted by Crippen LogP contribution is 2.28. The van der Waals surface area contributed by atoms with Crippen molar-refractivity contribution < 1.29 is 13.2 Å². The number of fused-ring (bicyclic) bond motifs is 1. The summed E-state index contributed by atoms with van der Waals surface area (Å²) >= 11 is 0. The van der Waals surface area contributed by atoms with E-state index in [0.717, 1.165) is 23.2 Å². The quantitative estimate of drug-likeness (QED) is 0.877. The number of carbonyl (C=O) groups is 1. The Hall–Kier alpha value is -2.18. The molecule has 0 unspecified atom stereocenters. The summed E-state index contributed by atoms with van der Waals surface area (Å²) in [4.78, 5) is 14.6. The summed E-state index contributed by atoms with van der Waals surface area (Å²) in [6.45, 7) is 8.38. The van der Waals surface area contributed by atoms with Gasteiger partial charge in [0.2, 0.25) is 15.9 Å². The van der Waals surface area contributed by atoms with Crippen LogP contribution in [0.4, 0.5) is 5.69 Å². The lowest BCUT2D eigenvalue weighted by atomic mass is 9.87. The monoisotopic (exact) mass is 386 g/mol. The van der Waals surface area contributed by atoms with Gasteiger partial charge in [0.15, 0.2) is 0 Å². The molecule has 6 heteroatoms. The van der Waals surface area contributed by atoms with Crippen molar-refractivity contribution in [1.29, 1.82) is 0 Å². The number of nitrogens with zero attached hydrogens (tertiary/aromatic N) is 1. The maximum absolute atomic E-state index is 12.8. The van der Waals surface area contributed by atoms with E-state index in [1.807, 2.05) is 36.4 Å². The zero-order valence-electron chi connectivity index (χ0n) is 16.2. The van der Waals surface area contributed by atoms with E-state index in [1.54, 1.807) is 24.0 Å². The number of amides is 1. The van der Waals surface area contributed by atoms with Crippen molar-refractivity contribution in [3.05, 3.63) is 59.7 Å². The van der Waals surface area contributed by atoms with E-state index in [1.165, 1.54) is 0 Å². The number of sulfonamides is 1. The summed E-state index contributed by atoms with van der Waals surface area (Å²) in [6, 6.07) is 13.7. The lowest BCUT2D eigenvalue weighted by Crippen LogP contribution is -2.46. The van der Waals surface area contributed by atoms with Crippen molar-refractivity contribution in [3.63, 3.8) is 0 Å². The summed E-state index contributed by atoms with van der Waals surface area (Å²) in [7, 11) is -3.77. The number of para-hydroxylation sites is 1. The number of carbonyl (C=O) groups excluding carboxylic acids is 1. The Morgan fingerprint density at radius 2 is 1.70 bits per heavy atom. The first-order valence-corrected chi connectivity index (χ1v) is 10.6. The van der Waals surface area contributed by atoms with E-state index in [0.29, 0.717) is 6.54 Å². The van der Waals surface area contributed by atoms with Crippen molar-refractivity contribution in [2.24, 2.45) is 0 Å². The first-order valence-electron chi connectivity index (χ1n) is 9.12. The molecule has 1 atom stereocenters. The van der Waals surface area contributed by atoms with E-state index < -0.39 is 16.1 Å². The Kier molecular flexibility index (Phi) is 5.14. The molecule has 0 spiro atoms. The molecule has 0 bridgehead atoms. The molecule has 0 saturated carbocycles. The largest absolute Gasteiger partial charge is 0.310 e. The molecule has 3 rings (SSSR count). The lowest BCUT2D eigenvalue weighted by Gasteiger charge is -2.23. The zero-order chi connectivity index (χ0) is 19.8. The van der Waals surface area contributed by atoms with E-state index in [4.69, 9.17) is 0 Å². The third kappa shape index (κ3) is 4.06. The predicted molar refractivity (Wildman–Crippen MR) is 107 cm³/mol. The van der Waals surface area contributed by atoms with Gasteiger partial charge in [0.05, 0.1) is 10.9 Å². The van der Waals surface area contributed by atoms with Crippen LogP contribution in [-0.4, -0.2) is 26.9 Å². The summed E-state index contributed by atoms with van der Waals surface area (Å²) in [6.07, 6.45) is 0.787. The minimum absolute atomic E-state index is 0.0535. The minimum Gasteiger partial charge on any atom is -0.310 e. The number of hydrogen-bond acceptors (Lipinski definition) is 3. The molecule has 2 aromatic carbocycles. The van der Waals surface area contributed by atoms with Crippen molar-refractivity contribution in [2.75, 3.05) is 11.4 Å². The van der Waals surface area contributed by atoms with Gasteiger partial charge in [-0.3, -0.25) is 4.79 Å². The fourth-order valence-corrected chi connectivity index (χ4v) is 4.48. The fourth-order valence-electron chi connectivity index (χ4n) is 3.29. The lowest BCUT2D eigenvalue weighted by molar-refractivity contribution is -0.119. The maximum atomic E-state index is 12.8. The molecule has 1 heterocycles. The van der Waals surface area contributed by atoms with Gasteiger partial charge in [-0.05, 0) is 48.1 Å². The molecule has 0 radical (unpaired) electrons. The molecular weight excluding hydrogens is 360 g/mol. The molecule has 1 amide bonds. The molecule has 144 valence electrons. The third-order valence-corrected chi connectivity index (χ3v) is 6.44. The second-order valence-corrected chi connectivity index (χ2v) is 9.70. The minimum atomic E-state index is -3.77. The number of benzene rings is 2. The molecule has 0 aromatic heterocycles. The highest BCUT2D eigenvalue weighted by atomic mass is 32.2. The number of nitrogens with one attached hydrogen (secondary N) is 1. The first kappa shape index (κ1) is 19.6. The van der Waals surface area contributed by atoms with Crippen LogP contribution in [0.2, 0.25) is 0 Å². The molecule has 1 aliphatic heterocycles. The fraction of sp³-hybridized carbons (Fsp3) is 0.381. The van der Waals surface area contributed by atoms with E-state index in [-0.39, 0.29) is 16.2 Å². The summed E-state index contributed by atoms with van der Waals surface area (Å²) in [5.41, 5.74) is 2.98. The second-order valence-electron chi connectivity index (χ2n) is 7.99. The van der Waals surface area contributed by atoms with Crippen LogP contribution in [0.3, 0.4) is 0 Å². The molecule has 0 saturated heterocycles. The molecule has 5 nitrogen and oxygen atoms in total. The summed E-state index contributed by atoms with van der Waals surface area (Å²) < 4.78 is 27.9. The Morgan fingerprint density at radius 3 is 2.33 bits per heavy atom. The Balaban J connectivity index is 1.75. The molecule has 0 aliphatic carbocycles. The molecule has 27 heavy (non-hydrogen) atoms. The average Bonchev–Trinajstić information content (AvgIpc) is 3.04. The van der Waals surface area contributed by atoms with Gasteiger partial charge in [-0.2, -0.15) is 4.72 Å². The summed E-state index contributed by atoms with van der Waals surface area (Å²) in [5.74, 6) is -0.241. The molecule has 0 fully saturated rings. The molecular formula is C21H26N2O3S. The van der Waals surface area contributed by atoms with E-state index in [9.17, 15) is 13.2 Å². The Morgan fingerprint density at radius 1 is 1.07 bits per heavy atom. The normalized spacial score (nSPS) is 15.5. The van der Waals surface area contributed by atoms with E-state index >= 15 is 0 Å². The highest BCUT2D eigenvalue weighted by Gasteiger charge is 2.30. The van der Waals surface area contributed by atoms with Crippen molar-refractivity contribution in [2.45, 2.75) is 50.5 Å². The number of rotatable bonds is 4. The van der Waals surface area contributed by atoms with Crippen LogP contribution >= 0.6 is 0 Å². The maximum Gasteiger partial charge on any atom is 0.244 e. The smallest absolute Gasteiger partial charge is 0.244 e. The van der Waals surface area contributed by atoms with Crippen molar-refractivity contribution in [1.82, 2.24) is 4.72 Å². The first-order chi connectivity index (χ1) is 12.6. The van der Waals surface area contributed by atoms with Gasteiger partial charge in [-0.15, -0.1) is 0 Å². The average molecular weight is 387 g/mol. The number of anilines is 1. The van der Waals surface area contributed by atoms with Crippen LogP contribution < -0.4 is 9.62 Å². The van der Waals surface area contributed by atoms with Crippen molar-refractivity contribution >= 4 is 21.6 Å². The van der Waals surface area contributed by atoms with Crippen LogP contribution in [0.1, 0.15) is 38.8 Å².